The average Bonchev–Trinajstić information content (AvgIpc) is 2.59. The Bertz CT molecular complexity index is 464. The molecule has 0 saturated heterocycles. The van der Waals surface area contributed by atoms with Crippen LogP contribution in [0.2, 0.25) is 0 Å². The van der Waals surface area contributed by atoms with Gasteiger partial charge in [0.25, 0.3) is 0 Å². The Morgan fingerprint density at radius 1 is 1.50 bits per heavy atom. The Hall–Kier alpha value is -1.00. The predicted molar refractivity (Wildman–Crippen MR) is 60.4 cm³/mol. The van der Waals surface area contributed by atoms with Crippen molar-refractivity contribution in [2.75, 3.05) is 7.11 Å². The van der Waals surface area contributed by atoms with Crippen LogP contribution >= 0.6 is 15.9 Å². The standard InChI is InChI=1S/C10H11BrN2O/c1-14-9-3-7(11)2-8-6(4-12)5-13-10(8)9/h2-3,5,13H,4,12H2,1H3. The van der Waals surface area contributed by atoms with Crippen molar-refractivity contribution in [3.05, 3.63) is 28.4 Å². The van der Waals surface area contributed by atoms with Crippen molar-refractivity contribution in [3.63, 3.8) is 0 Å². The normalized spacial score (nSPS) is 10.8. The fraction of sp³-hybridized carbons (Fsp3) is 0.200. The predicted octanol–water partition coefficient (Wildman–Crippen LogP) is 2.40. The molecule has 0 aliphatic rings. The number of hydrogen-bond acceptors (Lipinski definition) is 2. The highest BCUT2D eigenvalue weighted by atomic mass is 79.9. The Morgan fingerprint density at radius 2 is 2.29 bits per heavy atom. The van der Waals surface area contributed by atoms with Gasteiger partial charge in [0.05, 0.1) is 12.6 Å². The van der Waals surface area contributed by atoms with Crippen LogP contribution in [0.25, 0.3) is 10.9 Å². The van der Waals surface area contributed by atoms with E-state index in [0.29, 0.717) is 6.54 Å². The van der Waals surface area contributed by atoms with Gasteiger partial charge in [0.15, 0.2) is 0 Å². The molecule has 0 saturated carbocycles. The molecule has 0 fully saturated rings. The average molecular weight is 255 g/mol. The van der Waals surface area contributed by atoms with Crippen molar-refractivity contribution >= 4 is 26.8 Å². The fourth-order valence-electron chi connectivity index (χ4n) is 1.55. The number of fused-ring (bicyclic) bond motifs is 1. The molecule has 0 atom stereocenters. The van der Waals surface area contributed by atoms with E-state index in [4.69, 9.17) is 10.5 Å². The third-order valence-corrected chi connectivity index (χ3v) is 2.70. The van der Waals surface area contributed by atoms with E-state index in [1.807, 2.05) is 18.3 Å². The highest BCUT2D eigenvalue weighted by molar-refractivity contribution is 9.10. The lowest BCUT2D eigenvalue weighted by Gasteiger charge is -2.03. The summed E-state index contributed by atoms with van der Waals surface area (Å²) in [5, 5.41) is 1.11. The van der Waals surface area contributed by atoms with E-state index in [1.54, 1.807) is 7.11 Å². The molecule has 3 nitrogen and oxygen atoms in total. The van der Waals surface area contributed by atoms with E-state index in [0.717, 1.165) is 26.7 Å². The zero-order valence-corrected chi connectivity index (χ0v) is 9.39. The number of hydrogen-bond donors (Lipinski definition) is 2. The molecule has 0 bridgehead atoms. The van der Waals surface area contributed by atoms with Gasteiger partial charge in [-0.2, -0.15) is 0 Å². The van der Waals surface area contributed by atoms with Gasteiger partial charge in [-0.25, -0.2) is 0 Å². The number of nitrogens with one attached hydrogen (secondary N) is 1. The van der Waals surface area contributed by atoms with Crippen molar-refractivity contribution in [1.29, 1.82) is 0 Å². The lowest BCUT2D eigenvalue weighted by molar-refractivity contribution is 0.419. The molecule has 0 spiro atoms. The zero-order chi connectivity index (χ0) is 10.1. The largest absolute Gasteiger partial charge is 0.495 e. The van der Waals surface area contributed by atoms with Gasteiger partial charge in [-0.15, -0.1) is 0 Å². The first kappa shape index (κ1) is 9.55. The third-order valence-electron chi connectivity index (χ3n) is 2.24. The Labute approximate surface area is 90.4 Å². The van der Waals surface area contributed by atoms with Crippen LogP contribution in [-0.4, -0.2) is 12.1 Å². The van der Waals surface area contributed by atoms with Gasteiger partial charge in [-0.3, -0.25) is 0 Å². The minimum absolute atomic E-state index is 0.527. The first-order chi connectivity index (χ1) is 6.76. The number of H-pyrrole nitrogens is 1. The van der Waals surface area contributed by atoms with Crippen LogP contribution in [0, 0.1) is 0 Å². The number of rotatable bonds is 2. The van der Waals surface area contributed by atoms with Crippen molar-refractivity contribution in [2.45, 2.75) is 6.54 Å². The summed E-state index contributed by atoms with van der Waals surface area (Å²) >= 11 is 3.44. The summed E-state index contributed by atoms with van der Waals surface area (Å²) in [6, 6.07) is 3.97. The van der Waals surface area contributed by atoms with Crippen molar-refractivity contribution in [1.82, 2.24) is 4.98 Å². The molecule has 1 heterocycles. The number of nitrogens with two attached hydrogens (primary N) is 1. The second-order valence-corrected chi connectivity index (χ2v) is 3.96. The first-order valence-corrected chi connectivity index (χ1v) is 5.09. The second kappa shape index (κ2) is 3.63. The number of ether oxygens (including phenoxy) is 1. The Morgan fingerprint density at radius 3 is 2.93 bits per heavy atom. The fourth-order valence-corrected chi connectivity index (χ4v) is 1.99. The third kappa shape index (κ3) is 1.40. The molecule has 0 amide bonds. The van der Waals surface area contributed by atoms with E-state index < -0.39 is 0 Å². The van der Waals surface area contributed by atoms with Gasteiger partial charge < -0.3 is 15.5 Å². The second-order valence-electron chi connectivity index (χ2n) is 3.05. The molecule has 1 aromatic carbocycles. The van der Waals surface area contributed by atoms with Crippen LogP contribution in [0.4, 0.5) is 0 Å². The monoisotopic (exact) mass is 254 g/mol. The van der Waals surface area contributed by atoms with Crippen LogP contribution in [-0.2, 0) is 6.54 Å². The topological polar surface area (TPSA) is 51.0 Å². The van der Waals surface area contributed by atoms with Gasteiger partial charge >= 0.3 is 0 Å². The molecule has 0 aliphatic heterocycles. The minimum Gasteiger partial charge on any atom is -0.495 e. The highest BCUT2D eigenvalue weighted by Gasteiger charge is 2.08. The molecule has 4 heteroatoms. The first-order valence-electron chi connectivity index (χ1n) is 4.30. The smallest absolute Gasteiger partial charge is 0.144 e. The molecule has 0 unspecified atom stereocenters. The molecule has 1 aromatic heterocycles. The van der Waals surface area contributed by atoms with Gasteiger partial charge in [0, 0.05) is 22.6 Å². The van der Waals surface area contributed by atoms with Crippen molar-refractivity contribution in [3.8, 4) is 5.75 Å². The van der Waals surface area contributed by atoms with Gasteiger partial charge in [0.1, 0.15) is 5.75 Å². The molecular weight excluding hydrogens is 244 g/mol. The number of benzene rings is 1. The SMILES string of the molecule is COc1cc(Br)cc2c(CN)c[nH]c12. The Balaban J connectivity index is 2.76. The van der Waals surface area contributed by atoms with E-state index in [9.17, 15) is 0 Å². The Kier molecular flexibility index (Phi) is 2.48. The highest BCUT2D eigenvalue weighted by Crippen LogP contribution is 2.31. The van der Waals surface area contributed by atoms with Crippen LogP contribution in [0.3, 0.4) is 0 Å². The molecule has 2 rings (SSSR count). The molecule has 2 aromatic rings. The summed E-state index contributed by atoms with van der Waals surface area (Å²) in [7, 11) is 1.66. The van der Waals surface area contributed by atoms with E-state index in [-0.39, 0.29) is 0 Å². The number of aromatic amines is 1. The van der Waals surface area contributed by atoms with Crippen LogP contribution < -0.4 is 10.5 Å². The number of methoxy groups -OCH3 is 1. The summed E-state index contributed by atoms with van der Waals surface area (Å²) in [4.78, 5) is 3.16. The quantitative estimate of drug-likeness (QED) is 0.865. The molecule has 3 N–H and O–H groups in total. The molecular formula is C10H11BrN2O. The number of aromatic nitrogens is 1. The van der Waals surface area contributed by atoms with E-state index in [2.05, 4.69) is 20.9 Å². The lowest BCUT2D eigenvalue weighted by Crippen LogP contribution is -1.94. The van der Waals surface area contributed by atoms with Gasteiger partial charge in [-0.05, 0) is 17.7 Å². The maximum atomic E-state index is 5.63. The van der Waals surface area contributed by atoms with E-state index in [1.165, 1.54) is 0 Å². The van der Waals surface area contributed by atoms with Crippen LogP contribution in [0.15, 0.2) is 22.8 Å². The van der Waals surface area contributed by atoms with Crippen LogP contribution in [0.1, 0.15) is 5.56 Å². The maximum Gasteiger partial charge on any atom is 0.144 e. The lowest BCUT2D eigenvalue weighted by atomic mass is 10.1. The number of halogens is 1. The molecule has 14 heavy (non-hydrogen) atoms. The van der Waals surface area contributed by atoms with Crippen molar-refractivity contribution in [2.24, 2.45) is 5.73 Å². The molecule has 0 radical (unpaired) electrons. The van der Waals surface area contributed by atoms with E-state index >= 15 is 0 Å². The summed E-state index contributed by atoms with van der Waals surface area (Å²) < 4.78 is 6.26. The summed E-state index contributed by atoms with van der Waals surface area (Å²) in [6.45, 7) is 0.527. The summed E-state index contributed by atoms with van der Waals surface area (Å²) in [5.41, 5.74) is 7.72. The maximum absolute atomic E-state index is 5.63. The molecule has 0 aliphatic carbocycles. The summed E-state index contributed by atoms with van der Waals surface area (Å²) in [6.07, 6.45) is 1.92. The van der Waals surface area contributed by atoms with Gasteiger partial charge in [-0.1, -0.05) is 15.9 Å². The van der Waals surface area contributed by atoms with Crippen molar-refractivity contribution < 1.29 is 4.74 Å². The molecule has 74 valence electrons. The van der Waals surface area contributed by atoms with Gasteiger partial charge in [0.2, 0.25) is 0 Å². The minimum atomic E-state index is 0.527. The van der Waals surface area contributed by atoms with Crippen LogP contribution in [0.5, 0.6) is 5.75 Å². The summed E-state index contributed by atoms with van der Waals surface area (Å²) in [5.74, 6) is 0.828. The zero-order valence-electron chi connectivity index (χ0n) is 7.80.